The first kappa shape index (κ1) is 20.9. The fourth-order valence-corrected chi connectivity index (χ4v) is 3.87. The Labute approximate surface area is 181 Å². The van der Waals surface area contributed by atoms with Crippen LogP contribution < -0.4 is 5.32 Å². The molecule has 1 aliphatic heterocycles. The normalized spacial score (nSPS) is 18.8. The molecule has 0 saturated heterocycles. The molecular formula is C24H26N2O5. The molecule has 0 spiro atoms. The number of amides is 2. The summed E-state index contributed by atoms with van der Waals surface area (Å²) in [5.41, 5.74) is 1.92. The molecule has 1 saturated carbocycles. The number of allylic oxidation sites excluding steroid dienone is 1. The highest BCUT2D eigenvalue weighted by atomic mass is 16.5. The maximum absolute atomic E-state index is 13.0. The lowest BCUT2D eigenvalue weighted by Gasteiger charge is -2.34. The van der Waals surface area contributed by atoms with Gasteiger partial charge in [0, 0.05) is 24.1 Å². The van der Waals surface area contributed by atoms with Crippen molar-refractivity contribution in [1.29, 1.82) is 0 Å². The van der Waals surface area contributed by atoms with Crippen molar-refractivity contribution in [3.8, 4) is 0 Å². The molecule has 0 unspecified atom stereocenters. The Kier molecular flexibility index (Phi) is 5.93. The molecule has 1 aromatic heterocycles. The van der Waals surface area contributed by atoms with Crippen LogP contribution in [-0.2, 0) is 20.9 Å². The van der Waals surface area contributed by atoms with E-state index in [1.54, 1.807) is 26.0 Å². The number of nitrogens with zero attached hydrogens (tertiary/aromatic N) is 1. The zero-order chi connectivity index (χ0) is 22.0. The molecule has 1 fully saturated rings. The van der Waals surface area contributed by atoms with Crippen molar-refractivity contribution in [3.05, 3.63) is 70.8 Å². The summed E-state index contributed by atoms with van der Waals surface area (Å²) in [7, 11) is 0. The summed E-state index contributed by atoms with van der Waals surface area (Å²) < 4.78 is 11.0. The SMILES string of the molecule is CCOC(=O)C1=C(C)N(Cc2ccc(C(=O)NC3CC3)o2)C(=O)C[C@@H]1c1ccccc1. The minimum absolute atomic E-state index is 0.111. The summed E-state index contributed by atoms with van der Waals surface area (Å²) in [6, 6.07) is 13.0. The van der Waals surface area contributed by atoms with Crippen molar-refractivity contribution in [1.82, 2.24) is 10.2 Å². The molecule has 1 aromatic carbocycles. The van der Waals surface area contributed by atoms with Gasteiger partial charge in [0.1, 0.15) is 5.76 Å². The Morgan fingerprint density at radius 3 is 2.58 bits per heavy atom. The Bertz CT molecular complexity index is 1020. The first-order chi connectivity index (χ1) is 15.0. The highest BCUT2D eigenvalue weighted by Crippen LogP contribution is 2.37. The van der Waals surface area contributed by atoms with Crippen molar-refractivity contribution in [3.63, 3.8) is 0 Å². The van der Waals surface area contributed by atoms with Crippen LogP contribution in [0.1, 0.15) is 60.9 Å². The molecule has 31 heavy (non-hydrogen) atoms. The van der Waals surface area contributed by atoms with Crippen molar-refractivity contribution in [2.75, 3.05) is 6.61 Å². The van der Waals surface area contributed by atoms with E-state index in [1.807, 2.05) is 30.3 Å². The average molecular weight is 422 g/mol. The van der Waals surface area contributed by atoms with Crippen LogP contribution in [0.3, 0.4) is 0 Å². The number of carbonyl (C=O) groups is 3. The number of hydrogen-bond acceptors (Lipinski definition) is 5. The first-order valence-electron chi connectivity index (χ1n) is 10.6. The van der Waals surface area contributed by atoms with Gasteiger partial charge >= 0.3 is 5.97 Å². The van der Waals surface area contributed by atoms with E-state index in [0.717, 1.165) is 18.4 Å². The Balaban J connectivity index is 1.60. The predicted octanol–water partition coefficient (Wildman–Crippen LogP) is 3.53. The Hall–Kier alpha value is -3.35. The maximum Gasteiger partial charge on any atom is 0.336 e. The Morgan fingerprint density at radius 1 is 1.16 bits per heavy atom. The second-order valence-corrected chi connectivity index (χ2v) is 7.88. The molecule has 4 rings (SSSR count). The van der Waals surface area contributed by atoms with Crippen LogP contribution in [0.2, 0.25) is 0 Å². The van der Waals surface area contributed by atoms with Gasteiger partial charge in [-0.15, -0.1) is 0 Å². The van der Waals surface area contributed by atoms with Crippen LogP contribution in [0.15, 0.2) is 58.2 Å². The predicted molar refractivity (Wildman–Crippen MR) is 113 cm³/mol. The highest BCUT2D eigenvalue weighted by molar-refractivity contribution is 5.96. The van der Waals surface area contributed by atoms with E-state index >= 15 is 0 Å². The van der Waals surface area contributed by atoms with Gasteiger partial charge in [-0.2, -0.15) is 0 Å². The van der Waals surface area contributed by atoms with Crippen LogP contribution in [0.25, 0.3) is 0 Å². The molecule has 2 amide bonds. The highest BCUT2D eigenvalue weighted by Gasteiger charge is 2.37. The number of furan rings is 1. The second kappa shape index (κ2) is 8.79. The van der Waals surface area contributed by atoms with Gasteiger partial charge in [0.2, 0.25) is 5.91 Å². The first-order valence-corrected chi connectivity index (χ1v) is 10.6. The third-order valence-electron chi connectivity index (χ3n) is 5.63. The number of ether oxygens (including phenoxy) is 1. The number of carbonyl (C=O) groups excluding carboxylic acids is 3. The quantitative estimate of drug-likeness (QED) is 0.690. The number of rotatable bonds is 7. The lowest BCUT2D eigenvalue weighted by molar-refractivity contribution is -0.140. The molecule has 2 heterocycles. The number of benzene rings is 1. The summed E-state index contributed by atoms with van der Waals surface area (Å²) in [6.07, 6.45) is 2.14. The molecule has 7 nitrogen and oxygen atoms in total. The van der Waals surface area contributed by atoms with Gasteiger partial charge in [0.05, 0.1) is 18.7 Å². The summed E-state index contributed by atoms with van der Waals surface area (Å²) in [5.74, 6) is -0.436. The van der Waals surface area contributed by atoms with Crippen LogP contribution >= 0.6 is 0 Å². The molecule has 1 atom stereocenters. The molecule has 0 radical (unpaired) electrons. The second-order valence-electron chi connectivity index (χ2n) is 7.88. The fraction of sp³-hybridized carbons (Fsp3) is 0.375. The van der Waals surface area contributed by atoms with Gasteiger partial charge in [-0.05, 0) is 44.4 Å². The zero-order valence-electron chi connectivity index (χ0n) is 17.7. The van der Waals surface area contributed by atoms with Crippen LogP contribution in [0, 0.1) is 0 Å². The lowest BCUT2D eigenvalue weighted by Crippen LogP contribution is -2.38. The monoisotopic (exact) mass is 422 g/mol. The van der Waals surface area contributed by atoms with Gasteiger partial charge < -0.3 is 19.4 Å². The largest absolute Gasteiger partial charge is 0.463 e. The molecule has 2 aromatic rings. The van der Waals surface area contributed by atoms with E-state index in [0.29, 0.717) is 17.0 Å². The van der Waals surface area contributed by atoms with Gasteiger partial charge in [-0.3, -0.25) is 9.59 Å². The molecule has 162 valence electrons. The van der Waals surface area contributed by atoms with Gasteiger partial charge in [-0.25, -0.2) is 4.79 Å². The van der Waals surface area contributed by atoms with Gasteiger partial charge in [0.15, 0.2) is 5.76 Å². The molecule has 2 aliphatic rings. The van der Waals surface area contributed by atoms with E-state index in [-0.39, 0.29) is 49.1 Å². The average Bonchev–Trinajstić information content (AvgIpc) is 3.44. The number of hydrogen-bond donors (Lipinski definition) is 1. The summed E-state index contributed by atoms with van der Waals surface area (Å²) in [4.78, 5) is 39.6. The topological polar surface area (TPSA) is 88.8 Å². The van der Waals surface area contributed by atoms with Crippen LogP contribution in [0.4, 0.5) is 0 Å². The van der Waals surface area contributed by atoms with Gasteiger partial charge in [-0.1, -0.05) is 30.3 Å². The number of esters is 1. The van der Waals surface area contributed by atoms with Crippen molar-refractivity contribution in [2.24, 2.45) is 0 Å². The standard InChI is InChI=1S/C24H26N2O5/c1-3-30-24(29)22-15(2)26(21(27)13-19(22)16-7-5-4-6-8-16)14-18-11-12-20(31-18)23(28)25-17-9-10-17/h4-8,11-12,17,19H,3,9-10,13-14H2,1-2H3,(H,25,28)/t19-/m1/s1. The molecule has 0 bridgehead atoms. The molecule has 7 heteroatoms. The molecular weight excluding hydrogens is 396 g/mol. The summed E-state index contributed by atoms with van der Waals surface area (Å²) in [6.45, 7) is 3.91. The maximum atomic E-state index is 13.0. The van der Waals surface area contributed by atoms with Crippen LogP contribution in [-0.4, -0.2) is 35.3 Å². The van der Waals surface area contributed by atoms with Gasteiger partial charge in [0.25, 0.3) is 5.91 Å². The van der Waals surface area contributed by atoms with Crippen molar-refractivity contribution < 1.29 is 23.5 Å². The molecule has 1 N–H and O–H groups in total. The van der Waals surface area contributed by atoms with E-state index in [4.69, 9.17) is 9.15 Å². The minimum Gasteiger partial charge on any atom is -0.463 e. The van der Waals surface area contributed by atoms with E-state index in [2.05, 4.69) is 5.32 Å². The van der Waals surface area contributed by atoms with Crippen molar-refractivity contribution >= 4 is 17.8 Å². The van der Waals surface area contributed by atoms with E-state index in [9.17, 15) is 14.4 Å². The van der Waals surface area contributed by atoms with Crippen molar-refractivity contribution in [2.45, 2.75) is 51.6 Å². The Morgan fingerprint density at radius 2 is 1.90 bits per heavy atom. The molecule has 1 aliphatic carbocycles. The zero-order valence-corrected chi connectivity index (χ0v) is 17.7. The van der Waals surface area contributed by atoms with E-state index in [1.165, 1.54) is 4.90 Å². The fourth-order valence-electron chi connectivity index (χ4n) is 3.87. The van der Waals surface area contributed by atoms with Crippen LogP contribution in [0.5, 0.6) is 0 Å². The summed E-state index contributed by atoms with van der Waals surface area (Å²) in [5, 5.41) is 2.88. The minimum atomic E-state index is -0.421. The smallest absolute Gasteiger partial charge is 0.336 e. The summed E-state index contributed by atoms with van der Waals surface area (Å²) >= 11 is 0. The lowest BCUT2D eigenvalue weighted by atomic mass is 9.83. The number of nitrogens with one attached hydrogen (secondary N) is 1. The van der Waals surface area contributed by atoms with E-state index < -0.39 is 5.97 Å². The third-order valence-corrected chi connectivity index (χ3v) is 5.63. The third kappa shape index (κ3) is 4.55.